The molecule has 2 bridgehead atoms. The number of aromatic nitrogens is 3. The van der Waals surface area contributed by atoms with Crippen LogP contribution in [0.15, 0.2) is 42.5 Å². The standard InChI is InChI=1S/C27H25N5O4/c1-15-30-20(29)13-21(31-15)35-12-11-27-10-9-26(2,36-27)22-23(27)25(34)32(24(22)33)19-8-7-16(14-28)17-5-3-4-6-18(17)19/h3-8,13,33-34H,9-12H2,1-2H3,(H2,29,30,31)/t26-,27-/m1/s1. The molecule has 4 aromatic rings. The number of fused-ring (bicyclic) bond motifs is 6. The summed E-state index contributed by atoms with van der Waals surface area (Å²) >= 11 is 0. The Balaban J connectivity index is 1.42. The molecule has 6 rings (SSSR count). The topological polar surface area (TPSA) is 139 Å². The third kappa shape index (κ3) is 3.04. The van der Waals surface area contributed by atoms with Gasteiger partial charge >= 0.3 is 0 Å². The van der Waals surface area contributed by atoms with Crippen LogP contribution in [-0.2, 0) is 15.9 Å². The smallest absolute Gasteiger partial charge is 0.218 e. The fraction of sp³-hybridized carbons (Fsp3) is 0.296. The molecule has 4 N–H and O–H groups in total. The summed E-state index contributed by atoms with van der Waals surface area (Å²) < 4.78 is 13.8. The predicted octanol–water partition coefficient (Wildman–Crippen LogP) is 4.30. The van der Waals surface area contributed by atoms with E-state index in [0.717, 1.165) is 10.8 Å². The SMILES string of the molecule is Cc1nc(N)cc(OCC[C@@]23CC[C@@](C)(O2)c2c3c(O)n(-c3ccc(C#N)c4ccccc34)c2O)n1. The average molecular weight is 484 g/mol. The lowest BCUT2D eigenvalue weighted by Crippen LogP contribution is -2.25. The zero-order valence-electron chi connectivity index (χ0n) is 19.9. The maximum atomic E-state index is 11.5. The summed E-state index contributed by atoms with van der Waals surface area (Å²) in [7, 11) is 0. The molecule has 0 spiro atoms. The van der Waals surface area contributed by atoms with E-state index in [0.29, 0.717) is 59.2 Å². The van der Waals surface area contributed by atoms with Crippen LogP contribution in [0.2, 0.25) is 0 Å². The number of nitrogens with two attached hydrogens (primary N) is 1. The molecule has 2 aromatic heterocycles. The summed E-state index contributed by atoms with van der Waals surface area (Å²) in [5, 5.41) is 34.0. The highest BCUT2D eigenvalue weighted by Crippen LogP contribution is 2.65. The van der Waals surface area contributed by atoms with Crippen molar-refractivity contribution < 1.29 is 19.7 Å². The zero-order chi connectivity index (χ0) is 25.2. The molecule has 36 heavy (non-hydrogen) atoms. The van der Waals surface area contributed by atoms with E-state index in [1.54, 1.807) is 25.1 Å². The third-order valence-corrected chi connectivity index (χ3v) is 7.38. The van der Waals surface area contributed by atoms with Crippen molar-refractivity contribution in [2.24, 2.45) is 0 Å². The molecule has 2 aromatic carbocycles. The van der Waals surface area contributed by atoms with Crippen LogP contribution in [-0.4, -0.2) is 31.4 Å². The van der Waals surface area contributed by atoms with Crippen molar-refractivity contribution in [2.45, 2.75) is 44.3 Å². The molecule has 0 unspecified atom stereocenters. The number of hydrogen-bond donors (Lipinski definition) is 3. The van der Waals surface area contributed by atoms with E-state index >= 15 is 0 Å². The molecular formula is C27H25N5O4. The second kappa shape index (κ2) is 7.60. The predicted molar refractivity (Wildman–Crippen MR) is 132 cm³/mol. The maximum absolute atomic E-state index is 11.5. The van der Waals surface area contributed by atoms with Gasteiger partial charge in [-0.1, -0.05) is 24.3 Å². The number of aromatic hydroxyl groups is 2. The van der Waals surface area contributed by atoms with Gasteiger partial charge in [0.1, 0.15) is 17.2 Å². The van der Waals surface area contributed by atoms with Crippen LogP contribution in [0.4, 0.5) is 5.82 Å². The number of nitrogen functional groups attached to an aromatic ring is 1. The van der Waals surface area contributed by atoms with Gasteiger partial charge in [0, 0.05) is 23.3 Å². The minimum atomic E-state index is -0.813. The molecular weight excluding hydrogens is 458 g/mol. The first-order valence-corrected chi connectivity index (χ1v) is 11.8. The van der Waals surface area contributed by atoms with Crippen molar-refractivity contribution in [3.05, 3.63) is 65.0 Å². The summed E-state index contributed by atoms with van der Waals surface area (Å²) in [6.45, 7) is 3.96. The number of anilines is 1. The summed E-state index contributed by atoms with van der Waals surface area (Å²) in [5.74, 6) is 1.11. The second-order valence-corrected chi connectivity index (χ2v) is 9.63. The quantitative estimate of drug-likeness (QED) is 0.382. The summed E-state index contributed by atoms with van der Waals surface area (Å²) in [5.41, 5.74) is 6.56. The Kier molecular flexibility index (Phi) is 4.69. The Labute approximate surface area is 207 Å². The number of nitriles is 1. The number of rotatable bonds is 5. The summed E-state index contributed by atoms with van der Waals surface area (Å²) in [4.78, 5) is 8.32. The Bertz CT molecular complexity index is 1570. The van der Waals surface area contributed by atoms with Crippen molar-refractivity contribution in [1.29, 1.82) is 5.26 Å². The number of ether oxygens (including phenoxy) is 2. The molecule has 0 aliphatic carbocycles. The Morgan fingerprint density at radius 1 is 1.11 bits per heavy atom. The number of benzene rings is 2. The van der Waals surface area contributed by atoms with Gasteiger partial charge in [-0.15, -0.1) is 0 Å². The van der Waals surface area contributed by atoms with E-state index in [4.69, 9.17) is 15.2 Å². The van der Waals surface area contributed by atoms with Crippen LogP contribution in [0, 0.1) is 18.3 Å². The van der Waals surface area contributed by atoms with Crippen LogP contribution in [0.3, 0.4) is 0 Å². The molecule has 2 aliphatic heterocycles. The molecule has 2 atom stereocenters. The lowest BCUT2D eigenvalue weighted by molar-refractivity contribution is -0.0877. The molecule has 0 saturated carbocycles. The molecule has 9 heteroatoms. The third-order valence-electron chi connectivity index (χ3n) is 7.38. The first kappa shape index (κ1) is 22.2. The first-order valence-electron chi connectivity index (χ1n) is 11.8. The minimum Gasteiger partial charge on any atom is -0.494 e. The minimum absolute atomic E-state index is 0.0541. The lowest BCUT2D eigenvalue weighted by Gasteiger charge is -2.26. The van der Waals surface area contributed by atoms with Crippen molar-refractivity contribution in [3.8, 4) is 29.4 Å². The van der Waals surface area contributed by atoms with Gasteiger partial charge in [-0.3, -0.25) is 4.57 Å². The summed E-state index contributed by atoms with van der Waals surface area (Å²) in [6.07, 6.45) is 1.82. The largest absolute Gasteiger partial charge is 0.494 e. The molecule has 0 radical (unpaired) electrons. The van der Waals surface area contributed by atoms with Gasteiger partial charge in [0.05, 0.1) is 40.7 Å². The molecule has 182 valence electrons. The zero-order valence-corrected chi connectivity index (χ0v) is 19.9. The van der Waals surface area contributed by atoms with Gasteiger partial charge in [0.2, 0.25) is 17.6 Å². The van der Waals surface area contributed by atoms with Gasteiger partial charge in [-0.05, 0) is 38.8 Å². The molecule has 1 fully saturated rings. The fourth-order valence-electron chi connectivity index (χ4n) is 5.87. The highest BCUT2D eigenvalue weighted by Gasteiger charge is 2.61. The Morgan fingerprint density at radius 2 is 1.86 bits per heavy atom. The maximum Gasteiger partial charge on any atom is 0.218 e. The van der Waals surface area contributed by atoms with Crippen LogP contribution in [0.5, 0.6) is 17.6 Å². The molecule has 9 nitrogen and oxygen atoms in total. The van der Waals surface area contributed by atoms with Crippen LogP contribution in [0.1, 0.15) is 48.7 Å². The van der Waals surface area contributed by atoms with E-state index in [1.807, 2.05) is 31.2 Å². The van der Waals surface area contributed by atoms with Gasteiger partial charge in [-0.2, -0.15) is 10.2 Å². The average Bonchev–Trinajstić information content (AvgIpc) is 3.42. The molecule has 4 heterocycles. The highest BCUT2D eigenvalue weighted by molar-refractivity contribution is 5.95. The molecule has 2 aliphatic rings. The number of hydrogen-bond acceptors (Lipinski definition) is 8. The molecule has 1 saturated heterocycles. The van der Waals surface area contributed by atoms with Gasteiger partial charge < -0.3 is 25.4 Å². The fourth-order valence-corrected chi connectivity index (χ4v) is 5.87. The van der Waals surface area contributed by atoms with E-state index in [2.05, 4.69) is 16.0 Å². The Hall–Kier alpha value is -4.29. The van der Waals surface area contributed by atoms with E-state index in [1.165, 1.54) is 4.57 Å². The van der Waals surface area contributed by atoms with Gasteiger partial charge in [0.15, 0.2) is 0 Å². The van der Waals surface area contributed by atoms with E-state index in [-0.39, 0.29) is 18.4 Å². The number of nitrogens with zero attached hydrogens (tertiary/aromatic N) is 4. The molecule has 0 amide bonds. The van der Waals surface area contributed by atoms with Crippen LogP contribution >= 0.6 is 0 Å². The normalized spacial score (nSPS) is 22.0. The van der Waals surface area contributed by atoms with Crippen molar-refractivity contribution >= 4 is 16.6 Å². The van der Waals surface area contributed by atoms with E-state index < -0.39 is 11.2 Å². The van der Waals surface area contributed by atoms with Crippen molar-refractivity contribution in [2.75, 3.05) is 12.3 Å². The highest BCUT2D eigenvalue weighted by atomic mass is 16.5. The number of aryl methyl sites for hydroxylation is 1. The van der Waals surface area contributed by atoms with Crippen LogP contribution < -0.4 is 10.5 Å². The second-order valence-electron chi connectivity index (χ2n) is 9.63. The monoisotopic (exact) mass is 483 g/mol. The van der Waals surface area contributed by atoms with Crippen molar-refractivity contribution in [1.82, 2.24) is 14.5 Å². The van der Waals surface area contributed by atoms with Gasteiger partial charge in [0.25, 0.3) is 0 Å². The van der Waals surface area contributed by atoms with Gasteiger partial charge in [-0.25, -0.2) is 4.98 Å². The lowest BCUT2D eigenvalue weighted by atomic mass is 9.78. The van der Waals surface area contributed by atoms with E-state index in [9.17, 15) is 15.5 Å². The van der Waals surface area contributed by atoms with Crippen LogP contribution in [0.25, 0.3) is 16.5 Å². The first-order chi connectivity index (χ1) is 17.3. The van der Waals surface area contributed by atoms with Crippen molar-refractivity contribution in [3.63, 3.8) is 0 Å². The summed E-state index contributed by atoms with van der Waals surface area (Å²) in [6, 6.07) is 14.7. The Morgan fingerprint density at radius 3 is 2.61 bits per heavy atom.